The summed E-state index contributed by atoms with van der Waals surface area (Å²) in [5, 5.41) is 11.0. The molecule has 78 valence electrons. The SMILES string of the molecule is CCC(C)Sc1cc([C@@H](C)O)ccn1. The predicted molar refractivity (Wildman–Crippen MR) is 60.5 cm³/mol. The number of aromatic nitrogens is 1. The number of nitrogens with zero attached hydrogens (tertiary/aromatic N) is 1. The van der Waals surface area contributed by atoms with Crippen LogP contribution in [-0.4, -0.2) is 15.3 Å². The molecular weight excluding hydrogens is 194 g/mol. The molecule has 0 aliphatic heterocycles. The van der Waals surface area contributed by atoms with Gasteiger partial charge in [-0.2, -0.15) is 0 Å². The smallest absolute Gasteiger partial charge is 0.0966 e. The highest BCUT2D eigenvalue weighted by Crippen LogP contribution is 2.25. The highest BCUT2D eigenvalue weighted by molar-refractivity contribution is 7.99. The summed E-state index contributed by atoms with van der Waals surface area (Å²) >= 11 is 1.75. The Morgan fingerprint density at radius 1 is 1.50 bits per heavy atom. The van der Waals surface area contributed by atoms with Crippen molar-refractivity contribution in [2.45, 2.75) is 43.6 Å². The van der Waals surface area contributed by atoms with Crippen LogP contribution in [-0.2, 0) is 0 Å². The molecular formula is C11H17NOS. The lowest BCUT2D eigenvalue weighted by Gasteiger charge is -2.09. The van der Waals surface area contributed by atoms with Gasteiger partial charge in [0.1, 0.15) is 0 Å². The molecule has 0 aliphatic carbocycles. The van der Waals surface area contributed by atoms with Crippen molar-refractivity contribution in [2.75, 3.05) is 0 Å². The van der Waals surface area contributed by atoms with Crippen LogP contribution in [0.25, 0.3) is 0 Å². The Balaban J connectivity index is 2.73. The van der Waals surface area contributed by atoms with Crippen LogP contribution in [0.5, 0.6) is 0 Å². The zero-order chi connectivity index (χ0) is 10.6. The zero-order valence-corrected chi connectivity index (χ0v) is 9.71. The third-order valence-corrected chi connectivity index (χ3v) is 3.34. The van der Waals surface area contributed by atoms with Gasteiger partial charge in [0.05, 0.1) is 11.1 Å². The van der Waals surface area contributed by atoms with Crippen molar-refractivity contribution in [3.05, 3.63) is 23.9 Å². The Labute approximate surface area is 89.8 Å². The molecule has 2 atom stereocenters. The summed E-state index contributed by atoms with van der Waals surface area (Å²) in [5.74, 6) is 0. The number of rotatable bonds is 4. The number of aliphatic hydroxyl groups excluding tert-OH is 1. The van der Waals surface area contributed by atoms with Crippen LogP contribution in [0.2, 0.25) is 0 Å². The first kappa shape index (κ1) is 11.5. The van der Waals surface area contributed by atoms with Crippen LogP contribution in [0.1, 0.15) is 38.9 Å². The standard InChI is InChI=1S/C11H17NOS/c1-4-8(2)14-11-7-10(9(3)13)5-6-12-11/h5-9,13H,4H2,1-3H3/t8?,9-/m1/s1. The van der Waals surface area contributed by atoms with E-state index in [1.54, 1.807) is 24.9 Å². The number of hydrogen-bond donors (Lipinski definition) is 1. The van der Waals surface area contributed by atoms with Gasteiger partial charge in [-0.3, -0.25) is 0 Å². The van der Waals surface area contributed by atoms with Crippen LogP contribution in [0.4, 0.5) is 0 Å². The van der Waals surface area contributed by atoms with E-state index in [0.29, 0.717) is 5.25 Å². The van der Waals surface area contributed by atoms with Crippen molar-refractivity contribution in [2.24, 2.45) is 0 Å². The minimum atomic E-state index is -0.408. The Morgan fingerprint density at radius 3 is 2.79 bits per heavy atom. The van der Waals surface area contributed by atoms with Crippen molar-refractivity contribution in [1.29, 1.82) is 0 Å². The molecule has 1 aromatic rings. The van der Waals surface area contributed by atoms with Crippen molar-refractivity contribution in [3.8, 4) is 0 Å². The summed E-state index contributed by atoms with van der Waals surface area (Å²) in [4.78, 5) is 4.26. The third kappa shape index (κ3) is 3.31. The predicted octanol–water partition coefficient (Wildman–Crippen LogP) is 3.03. The average Bonchev–Trinajstić information content (AvgIpc) is 2.18. The Morgan fingerprint density at radius 2 is 2.21 bits per heavy atom. The van der Waals surface area contributed by atoms with Crippen LogP contribution in [0, 0.1) is 0 Å². The highest BCUT2D eigenvalue weighted by Gasteiger charge is 2.06. The fourth-order valence-corrected chi connectivity index (χ4v) is 1.94. The molecule has 1 rings (SSSR count). The maximum absolute atomic E-state index is 9.40. The molecule has 0 aliphatic rings. The molecule has 1 unspecified atom stereocenters. The normalized spacial score (nSPS) is 15.1. The molecule has 3 heteroatoms. The van der Waals surface area contributed by atoms with E-state index in [9.17, 15) is 5.11 Å². The Bertz CT molecular complexity index is 288. The number of aliphatic hydroxyl groups is 1. The minimum Gasteiger partial charge on any atom is -0.389 e. The van der Waals surface area contributed by atoms with E-state index >= 15 is 0 Å². The molecule has 0 spiro atoms. The summed E-state index contributed by atoms with van der Waals surface area (Å²) in [5.41, 5.74) is 0.936. The molecule has 2 nitrogen and oxygen atoms in total. The molecule has 0 fully saturated rings. The quantitative estimate of drug-likeness (QED) is 0.777. The van der Waals surface area contributed by atoms with Crippen LogP contribution < -0.4 is 0 Å². The van der Waals surface area contributed by atoms with Gasteiger partial charge in [-0.1, -0.05) is 13.8 Å². The van der Waals surface area contributed by atoms with Gasteiger partial charge in [0.2, 0.25) is 0 Å². The van der Waals surface area contributed by atoms with Crippen molar-refractivity contribution in [3.63, 3.8) is 0 Å². The first-order valence-corrected chi connectivity index (χ1v) is 5.82. The maximum Gasteiger partial charge on any atom is 0.0966 e. The monoisotopic (exact) mass is 211 g/mol. The molecule has 0 saturated carbocycles. The Kier molecular flexibility index (Phi) is 4.42. The van der Waals surface area contributed by atoms with E-state index in [-0.39, 0.29) is 0 Å². The number of thioether (sulfide) groups is 1. The first-order valence-electron chi connectivity index (χ1n) is 4.94. The zero-order valence-electron chi connectivity index (χ0n) is 8.90. The molecule has 14 heavy (non-hydrogen) atoms. The van der Waals surface area contributed by atoms with Gasteiger partial charge in [0, 0.05) is 11.4 Å². The van der Waals surface area contributed by atoms with E-state index < -0.39 is 6.10 Å². The van der Waals surface area contributed by atoms with Crippen molar-refractivity contribution < 1.29 is 5.11 Å². The van der Waals surface area contributed by atoms with E-state index in [2.05, 4.69) is 18.8 Å². The van der Waals surface area contributed by atoms with Crippen LogP contribution in [0.3, 0.4) is 0 Å². The lowest BCUT2D eigenvalue weighted by Crippen LogP contribution is -1.96. The lowest BCUT2D eigenvalue weighted by molar-refractivity contribution is 0.199. The van der Waals surface area contributed by atoms with Gasteiger partial charge >= 0.3 is 0 Å². The number of hydrogen-bond acceptors (Lipinski definition) is 3. The molecule has 0 radical (unpaired) electrons. The minimum absolute atomic E-state index is 0.408. The van der Waals surface area contributed by atoms with E-state index in [0.717, 1.165) is 17.0 Å². The molecule has 0 aromatic carbocycles. The molecule has 0 bridgehead atoms. The summed E-state index contributed by atoms with van der Waals surface area (Å²) in [6.07, 6.45) is 2.48. The molecule has 1 aromatic heterocycles. The molecule has 1 N–H and O–H groups in total. The van der Waals surface area contributed by atoms with E-state index in [1.807, 2.05) is 12.1 Å². The van der Waals surface area contributed by atoms with Crippen molar-refractivity contribution in [1.82, 2.24) is 4.98 Å². The molecule has 0 amide bonds. The Hall–Kier alpha value is -0.540. The van der Waals surface area contributed by atoms with Crippen LogP contribution >= 0.6 is 11.8 Å². The van der Waals surface area contributed by atoms with Gasteiger partial charge < -0.3 is 5.11 Å². The van der Waals surface area contributed by atoms with Crippen molar-refractivity contribution >= 4 is 11.8 Å². The summed E-state index contributed by atoms with van der Waals surface area (Å²) in [7, 11) is 0. The third-order valence-electron chi connectivity index (χ3n) is 2.14. The first-order chi connectivity index (χ1) is 6.63. The second-order valence-electron chi connectivity index (χ2n) is 3.44. The van der Waals surface area contributed by atoms with Gasteiger partial charge in [0.25, 0.3) is 0 Å². The van der Waals surface area contributed by atoms with Crippen LogP contribution in [0.15, 0.2) is 23.4 Å². The van der Waals surface area contributed by atoms with E-state index in [4.69, 9.17) is 0 Å². The van der Waals surface area contributed by atoms with E-state index in [1.165, 1.54) is 0 Å². The largest absolute Gasteiger partial charge is 0.389 e. The molecule has 1 heterocycles. The van der Waals surface area contributed by atoms with Gasteiger partial charge in [-0.05, 0) is 31.0 Å². The van der Waals surface area contributed by atoms with Gasteiger partial charge in [-0.15, -0.1) is 11.8 Å². The molecule has 0 saturated heterocycles. The highest BCUT2D eigenvalue weighted by atomic mass is 32.2. The van der Waals surface area contributed by atoms with Gasteiger partial charge in [0.15, 0.2) is 0 Å². The topological polar surface area (TPSA) is 33.1 Å². The fraction of sp³-hybridized carbons (Fsp3) is 0.545. The maximum atomic E-state index is 9.40. The lowest BCUT2D eigenvalue weighted by atomic mass is 10.2. The second-order valence-corrected chi connectivity index (χ2v) is 4.90. The average molecular weight is 211 g/mol. The second kappa shape index (κ2) is 5.37. The summed E-state index contributed by atoms with van der Waals surface area (Å²) in [6.45, 7) is 6.12. The summed E-state index contributed by atoms with van der Waals surface area (Å²) < 4.78 is 0. The fourth-order valence-electron chi connectivity index (χ4n) is 1.04. The number of pyridine rings is 1. The summed E-state index contributed by atoms with van der Waals surface area (Å²) in [6, 6.07) is 3.81. The van der Waals surface area contributed by atoms with Gasteiger partial charge in [-0.25, -0.2) is 4.98 Å².